The molecule has 3 heteroatoms. The monoisotopic (exact) mass is 192 g/mol. The minimum atomic E-state index is 0.886. The van der Waals surface area contributed by atoms with Crippen LogP contribution in [0, 0.1) is 0 Å². The molecule has 0 bridgehead atoms. The molecule has 1 aromatic carbocycles. The summed E-state index contributed by atoms with van der Waals surface area (Å²) in [5.41, 5.74) is 3.13. The van der Waals surface area contributed by atoms with Crippen molar-refractivity contribution in [2.75, 3.05) is 26.1 Å². The molecule has 0 unspecified atom stereocenters. The van der Waals surface area contributed by atoms with Gasteiger partial charge in [-0.25, -0.2) is 0 Å². The van der Waals surface area contributed by atoms with Crippen LogP contribution in [0.4, 0.5) is 5.69 Å². The van der Waals surface area contributed by atoms with Crippen molar-refractivity contribution in [1.29, 1.82) is 0 Å². The molecule has 3 nitrogen and oxygen atoms in total. The lowest BCUT2D eigenvalue weighted by Crippen LogP contribution is -2.13. The van der Waals surface area contributed by atoms with Crippen LogP contribution in [0.15, 0.2) is 29.4 Å². The molecule has 0 amide bonds. The largest absolute Gasteiger partial charge is 0.399 e. The lowest BCUT2D eigenvalue weighted by Gasteiger charge is -2.16. The summed E-state index contributed by atoms with van der Waals surface area (Å²) in [6.45, 7) is 1.94. The molecule has 0 atom stereocenters. The van der Waals surface area contributed by atoms with Gasteiger partial charge in [0.25, 0.3) is 0 Å². The minimum absolute atomic E-state index is 0.886. The van der Waals surface area contributed by atoms with Crippen LogP contribution in [0.1, 0.15) is 12.5 Å². The Morgan fingerprint density at radius 2 is 1.93 bits per heavy atom. The molecule has 0 fully saturated rings. The van der Waals surface area contributed by atoms with Gasteiger partial charge >= 0.3 is 0 Å². The number of nitrogens with zero attached hydrogens (tertiary/aromatic N) is 2. The van der Waals surface area contributed by atoms with Crippen molar-refractivity contribution in [2.45, 2.75) is 6.92 Å². The summed E-state index contributed by atoms with van der Waals surface area (Å²) in [4.78, 5) is 6.82. The maximum Gasteiger partial charge on any atom is 0.106 e. The van der Waals surface area contributed by atoms with E-state index >= 15 is 0 Å². The molecule has 76 valence electrons. The Hall–Kier alpha value is -1.51. The Bertz CT molecular complexity index is 332. The zero-order valence-corrected chi connectivity index (χ0v) is 9.11. The van der Waals surface area contributed by atoms with Gasteiger partial charge in [-0.2, -0.15) is 0 Å². The fourth-order valence-electron chi connectivity index (χ4n) is 1.36. The maximum atomic E-state index is 4.76. The molecule has 0 N–H and O–H groups in total. The molecule has 1 aromatic rings. The Balaban J connectivity index is 3.13. The molecular formula is C11H16N2O. The van der Waals surface area contributed by atoms with Gasteiger partial charge in [0.2, 0.25) is 0 Å². The second-order valence-electron chi connectivity index (χ2n) is 3.27. The number of rotatable bonds is 3. The van der Waals surface area contributed by atoms with E-state index in [4.69, 9.17) is 4.84 Å². The van der Waals surface area contributed by atoms with E-state index in [1.807, 2.05) is 39.2 Å². The highest BCUT2D eigenvalue weighted by molar-refractivity contribution is 6.03. The summed E-state index contributed by atoms with van der Waals surface area (Å²) in [5, 5.41) is 3.93. The third-order valence-corrected chi connectivity index (χ3v) is 2.00. The normalized spacial score (nSPS) is 11.3. The van der Waals surface area contributed by atoms with Crippen LogP contribution in [0.3, 0.4) is 0 Å². The number of hydrogen-bond donors (Lipinski definition) is 0. The van der Waals surface area contributed by atoms with E-state index in [2.05, 4.69) is 16.1 Å². The van der Waals surface area contributed by atoms with Gasteiger partial charge in [-0.1, -0.05) is 23.4 Å². The van der Waals surface area contributed by atoms with Gasteiger partial charge in [0, 0.05) is 25.3 Å². The summed E-state index contributed by atoms with van der Waals surface area (Å²) in [6, 6.07) is 8.10. The average molecular weight is 192 g/mol. The Morgan fingerprint density at radius 1 is 1.29 bits per heavy atom. The Labute approximate surface area is 85.0 Å². The lowest BCUT2D eigenvalue weighted by molar-refractivity contribution is 0.213. The van der Waals surface area contributed by atoms with Crippen molar-refractivity contribution in [1.82, 2.24) is 0 Å². The fraction of sp³-hybridized carbons (Fsp3) is 0.364. The first-order valence-corrected chi connectivity index (χ1v) is 4.51. The molecule has 14 heavy (non-hydrogen) atoms. The molecule has 0 aromatic heterocycles. The van der Waals surface area contributed by atoms with Crippen LogP contribution < -0.4 is 4.90 Å². The molecule has 0 aliphatic rings. The van der Waals surface area contributed by atoms with Crippen LogP contribution in [0.2, 0.25) is 0 Å². The second kappa shape index (κ2) is 4.65. The quantitative estimate of drug-likeness (QED) is 0.541. The molecule has 0 saturated heterocycles. The Kier molecular flexibility index (Phi) is 3.51. The van der Waals surface area contributed by atoms with Gasteiger partial charge in [-0.05, 0) is 13.0 Å². The topological polar surface area (TPSA) is 24.8 Å². The minimum Gasteiger partial charge on any atom is -0.399 e. The summed E-state index contributed by atoms with van der Waals surface area (Å²) in [5.74, 6) is 0. The van der Waals surface area contributed by atoms with E-state index in [9.17, 15) is 0 Å². The van der Waals surface area contributed by atoms with E-state index in [0.29, 0.717) is 0 Å². The third kappa shape index (κ3) is 2.25. The van der Waals surface area contributed by atoms with E-state index in [1.54, 1.807) is 7.11 Å². The second-order valence-corrected chi connectivity index (χ2v) is 3.27. The average Bonchev–Trinajstić information content (AvgIpc) is 2.18. The van der Waals surface area contributed by atoms with Crippen molar-refractivity contribution in [3.63, 3.8) is 0 Å². The molecule has 0 aliphatic heterocycles. The van der Waals surface area contributed by atoms with Gasteiger partial charge in [0.15, 0.2) is 0 Å². The van der Waals surface area contributed by atoms with Crippen LogP contribution in [-0.2, 0) is 4.84 Å². The first kappa shape index (κ1) is 10.6. The Morgan fingerprint density at radius 3 is 2.50 bits per heavy atom. The SMILES string of the molecule is CO/N=C(\C)c1ccccc1N(C)C. The molecule has 0 aliphatic carbocycles. The van der Waals surface area contributed by atoms with E-state index in [-0.39, 0.29) is 0 Å². The predicted octanol–water partition coefficient (Wildman–Crippen LogP) is 2.12. The van der Waals surface area contributed by atoms with Crippen molar-refractivity contribution >= 4 is 11.4 Å². The smallest absolute Gasteiger partial charge is 0.106 e. The first-order valence-electron chi connectivity index (χ1n) is 4.51. The van der Waals surface area contributed by atoms with Crippen molar-refractivity contribution < 1.29 is 4.84 Å². The summed E-state index contributed by atoms with van der Waals surface area (Å²) in [6.07, 6.45) is 0. The number of para-hydroxylation sites is 1. The summed E-state index contributed by atoms with van der Waals surface area (Å²) < 4.78 is 0. The van der Waals surface area contributed by atoms with Gasteiger partial charge in [-0.3, -0.25) is 0 Å². The molecule has 1 rings (SSSR count). The van der Waals surface area contributed by atoms with Gasteiger partial charge in [-0.15, -0.1) is 0 Å². The van der Waals surface area contributed by atoms with Crippen molar-refractivity contribution in [2.24, 2.45) is 5.16 Å². The highest BCUT2D eigenvalue weighted by atomic mass is 16.6. The van der Waals surface area contributed by atoms with Crippen molar-refractivity contribution in [3.05, 3.63) is 29.8 Å². The van der Waals surface area contributed by atoms with E-state index in [0.717, 1.165) is 17.0 Å². The zero-order chi connectivity index (χ0) is 10.6. The molecule has 0 saturated carbocycles. The molecular weight excluding hydrogens is 176 g/mol. The highest BCUT2D eigenvalue weighted by Gasteiger charge is 2.06. The fourth-order valence-corrected chi connectivity index (χ4v) is 1.36. The number of anilines is 1. The standard InChI is InChI=1S/C11H16N2O/c1-9(12-14-4)10-7-5-6-8-11(10)13(2)3/h5-8H,1-4H3/b12-9+. The summed E-state index contributed by atoms with van der Waals surface area (Å²) >= 11 is 0. The number of oxime groups is 1. The molecule has 0 heterocycles. The highest BCUT2D eigenvalue weighted by Crippen LogP contribution is 2.18. The van der Waals surface area contributed by atoms with Crippen molar-refractivity contribution in [3.8, 4) is 0 Å². The van der Waals surface area contributed by atoms with Crippen LogP contribution in [0.25, 0.3) is 0 Å². The lowest BCUT2D eigenvalue weighted by atomic mass is 10.1. The van der Waals surface area contributed by atoms with Crippen LogP contribution in [-0.4, -0.2) is 26.9 Å². The number of hydrogen-bond acceptors (Lipinski definition) is 3. The van der Waals surface area contributed by atoms with Gasteiger partial charge < -0.3 is 9.74 Å². The van der Waals surface area contributed by atoms with Gasteiger partial charge in [0.1, 0.15) is 7.11 Å². The number of benzene rings is 1. The maximum absolute atomic E-state index is 4.76. The third-order valence-electron chi connectivity index (χ3n) is 2.00. The van der Waals surface area contributed by atoms with Crippen LogP contribution >= 0.6 is 0 Å². The van der Waals surface area contributed by atoms with Gasteiger partial charge in [0.05, 0.1) is 5.71 Å². The van der Waals surface area contributed by atoms with Crippen LogP contribution in [0.5, 0.6) is 0 Å². The van der Waals surface area contributed by atoms with E-state index in [1.165, 1.54) is 0 Å². The predicted molar refractivity (Wildman–Crippen MR) is 60.0 cm³/mol. The molecule has 0 radical (unpaired) electrons. The summed E-state index contributed by atoms with van der Waals surface area (Å²) in [7, 11) is 5.58. The zero-order valence-electron chi connectivity index (χ0n) is 9.11. The first-order chi connectivity index (χ1) is 6.66. The molecule has 0 spiro atoms. The van der Waals surface area contributed by atoms with E-state index < -0.39 is 0 Å².